The molecule has 0 spiro atoms. The maximum atomic E-state index is 11.1. The highest BCUT2D eigenvalue weighted by Crippen LogP contribution is 2.26. The lowest BCUT2D eigenvalue weighted by Gasteiger charge is -2.07. The lowest BCUT2D eigenvalue weighted by atomic mass is 9.98. The molecule has 4 rings (SSSR count). The summed E-state index contributed by atoms with van der Waals surface area (Å²) in [6, 6.07) is 34.1. The SMILES string of the molecule is CCCN=C(N)c1ccccc1C(N)=O.NC(=O)CCc1ccc(-c2cccc(-c3ccccc3)c2)cc1. The molecule has 194 valence electrons. The van der Waals surface area contributed by atoms with Gasteiger partial charge in [-0.05, 0) is 52.8 Å². The van der Waals surface area contributed by atoms with Crippen LogP contribution in [0.25, 0.3) is 22.3 Å². The van der Waals surface area contributed by atoms with Crippen molar-refractivity contribution in [3.8, 4) is 22.3 Å². The average Bonchev–Trinajstić information content (AvgIpc) is 2.96. The molecule has 0 aliphatic rings. The van der Waals surface area contributed by atoms with Crippen molar-refractivity contribution in [3.05, 3.63) is 120 Å². The second-order valence-electron chi connectivity index (χ2n) is 8.79. The van der Waals surface area contributed by atoms with E-state index in [-0.39, 0.29) is 5.91 Å². The number of aliphatic imine (C=N–C) groups is 1. The first-order valence-corrected chi connectivity index (χ1v) is 12.6. The first-order valence-electron chi connectivity index (χ1n) is 12.6. The van der Waals surface area contributed by atoms with Crippen LogP contribution in [-0.4, -0.2) is 24.2 Å². The number of nitrogens with zero attached hydrogens (tertiary/aromatic N) is 1. The van der Waals surface area contributed by atoms with Gasteiger partial charge in [0, 0.05) is 24.1 Å². The molecule has 6 heteroatoms. The fourth-order valence-corrected chi connectivity index (χ4v) is 3.88. The standard InChI is InChI=1S/C21H19NO.C11H15N3O/c22-21(23)14-11-16-9-12-18(13-10-16)20-8-4-7-19(15-20)17-5-2-1-3-6-17;1-2-7-14-10(12)8-5-3-4-6-9(8)11(13)15/h1-10,12-13,15H,11,14H2,(H2,22,23);3-6H,2,7H2,1H3,(H2,12,14)(H2,13,15). The lowest BCUT2D eigenvalue weighted by molar-refractivity contribution is -0.117. The third-order valence-corrected chi connectivity index (χ3v) is 5.89. The van der Waals surface area contributed by atoms with Gasteiger partial charge in [-0.25, -0.2) is 0 Å². The first kappa shape index (κ1) is 27.9. The van der Waals surface area contributed by atoms with Crippen molar-refractivity contribution in [2.24, 2.45) is 22.2 Å². The Kier molecular flexibility index (Phi) is 10.4. The smallest absolute Gasteiger partial charge is 0.249 e. The third-order valence-electron chi connectivity index (χ3n) is 5.89. The van der Waals surface area contributed by atoms with E-state index in [1.165, 1.54) is 22.3 Å². The lowest BCUT2D eigenvalue weighted by Crippen LogP contribution is -2.21. The first-order chi connectivity index (χ1) is 18.4. The summed E-state index contributed by atoms with van der Waals surface area (Å²) in [5.41, 5.74) is 23.1. The Hall–Kier alpha value is -4.71. The van der Waals surface area contributed by atoms with Gasteiger partial charge in [-0.1, -0.05) is 97.9 Å². The summed E-state index contributed by atoms with van der Waals surface area (Å²) in [6.07, 6.45) is 2.00. The van der Waals surface area contributed by atoms with Crippen molar-refractivity contribution in [1.82, 2.24) is 0 Å². The molecule has 38 heavy (non-hydrogen) atoms. The highest BCUT2D eigenvalue weighted by molar-refractivity contribution is 6.08. The van der Waals surface area contributed by atoms with Gasteiger partial charge in [-0.2, -0.15) is 0 Å². The Bertz CT molecular complexity index is 1380. The van der Waals surface area contributed by atoms with Crippen LogP contribution in [-0.2, 0) is 11.2 Å². The molecule has 0 saturated heterocycles. The number of amidine groups is 1. The van der Waals surface area contributed by atoms with Crippen molar-refractivity contribution in [2.45, 2.75) is 26.2 Å². The quantitative estimate of drug-likeness (QED) is 0.210. The number of carbonyl (C=O) groups excluding carboxylic acids is 2. The molecule has 0 bridgehead atoms. The van der Waals surface area contributed by atoms with E-state index in [0.717, 1.165) is 12.0 Å². The van der Waals surface area contributed by atoms with Gasteiger partial charge >= 0.3 is 0 Å². The van der Waals surface area contributed by atoms with Gasteiger partial charge in [-0.15, -0.1) is 0 Å². The second kappa shape index (κ2) is 14.1. The van der Waals surface area contributed by atoms with Crippen LogP contribution in [0.3, 0.4) is 0 Å². The summed E-state index contributed by atoms with van der Waals surface area (Å²) < 4.78 is 0. The van der Waals surface area contributed by atoms with Gasteiger partial charge in [0.2, 0.25) is 11.8 Å². The highest BCUT2D eigenvalue weighted by atomic mass is 16.1. The second-order valence-corrected chi connectivity index (χ2v) is 8.79. The zero-order valence-electron chi connectivity index (χ0n) is 21.6. The third kappa shape index (κ3) is 8.17. The minimum absolute atomic E-state index is 0.260. The van der Waals surface area contributed by atoms with Crippen molar-refractivity contribution in [1.29, 1.82) is 0 Å². The van der Waals surface area contributed by atoms with E-state index in [1.54, 1.807) is 24.3 Å². The molecule has 6 N–H and O–H groups in total. The Balaban J connectivity index is 0.000000232. The summed E-state index contributed by atoms with van der Waals surface area (Å²) in [4.78, 5) is 26.1. The molecule has 0 aliphatic heterocycles. The van der Waals surface area contributed by atoms with Crippen molar-refractivity contribution in [2.75, 3.05) is 6.54 Å². The zero-order valence-corrected chi connectivity index (χ0v) is 21.6. The highest BCUT2D eigenvalue weighted by Gasteiger charge is 2.09. The summed E-state index contributed by atoms with van der Waals surface area (Å²) >= 11 is 0. The number of amides is 2. The number of aryl methyl sites for hydroxylation is 1. The number of hydrogen-bond acceptors (Lipinski definition) is 3. The number of carbonyl (C=O) groups is 2. The normalized spacial score (nSPS) is 10.8. The van der Waals surface area contributed by atoms with Crippen LogP contribution in [0.2, 0.25) is 0 Å². The molecule has 0 fully saturated rings. The maximum absolute atomic E-state index is 11.1. The fourth-order valence-electron chi connectivity index (χ4n) is 3.88. The molecule has 0 aliphatic carbocycles. The van der Waals surface area contributed by atoms with Crippen LogP contribution in [0, 0.1) is 0 Å². The van der Waals surface area contributed by atoms with Crippen LogP contribution >= 0.6 is 0 Å². The molecule has 4 aromatic rings. The summed E-state index contributed by atoms with van der Waals surface area (Å²) in [6.45, 7) is 2.66. The molecular formula is C32H34N4O2. The number of primary amides is 2. The van der Waals surface area contributed by atoms with Crippen molar-refractivity contribution < 1.29 is 9.59 Å². The molecule has 0 aromatic heterocycles. The Morgan fingerprint density at radius 1 is 0.658 bits per heavy atom. The molecule has 0 atom stereocenters. The van der Waals surface area contributed by atoms with Crippen LogP contribution < -0.4 is 17.2 Å². The van der Waals surface area contributed by atoms with Crippen LogP contribution in [0.4, 0.5) is 0 Å². The van der Waals surface area contributed by atoms with E-state index in [1.807, 2.05) is 13.0 Å². The predicted octanol–water partition coefficient (Wildman–Crippen LogP) is 5.34. The van der Waals surface area contributed by atoms with E-state index in [2.05, 4.69) is 77.8 Å². The Morgan fingerprint density at radius 3 is 1.79 bits per heavy atom. The molecular weight excluding hydrogens is 472 g/mol. The van der Waals surface area contributed by atoms with Crippen molar-refractivity contribution >= 4 is 17.6 Å². The minimum Gasteiger partial charge on any atom is -0.383 e. The zero-order chi connectivity index (χ0) is 27.3. The topological polar surface area (TPSA) is 125 Å². The Morgan fingerprint density at radius 2 is 1.21 bits per heavy atom. The number of hydrogen-bond donors (Lipinski definition) is 3. The molecule has 4 aromatic carbocycles. The van der Waals surface area contributed by atoms with E-state index >= 15 is 0 Å². The van der Waals surface area contributed by atoms with E-state index in [4.69, 9.17) is 17.2 Å². The molecule has 2 amide bonds. The average molecular weight is 507 g/mol. The van der Waals surface area contributed by atoms with Gasteiger partial charge in [0.05, 0.1) is 0 Å². The predicted molar refractivity (Wildman–Crippen MR) is 156 cm³/mol. The van der Waals surface area contributed by atoms with Gasteiger partial charge < -0.3 is 17.2 Å². The number of nitrogens with two attached hydrogens (primary N) is 3. The van der Waals surface area contributed by atoms with Crippen LogP contribution in [0.15, 0.2) is 108 Å². The van der Waals surface area contributed by atoms with Crippen LogP contribution in [0.5, 0.6) is 0 Å². The number of benzene rings is 4. The van der Waals surface area contributed by atoms with Crippen LogP contribution in [0.1, 0.15) is 41.3 Å². The minimum atomic E-state index is -0.486. The summed E-state index contributed by atoms with van der Waals surface area (Å²) in [5.74, 6) is -0.379. The van der Waals surface area contributed by atoms with Gasteiger partial charge in [0.15, 0.2) is 0 Å². The van der Waals surface area contributed by atoms with E-state index in [9.17, 15) is 9.59 Å². The van der Waals surface area contributed by atoms with Gasteiger partial charge in [0.25, 0.3) is 0 Å². The Labute approximate surface area is 224 Å². The largest absolute Gasteiger partial charge is 0.383 e. The molecule has 0 saturated carbocycles. The molecule has 0 unspecified atom stereocenters. The molecule has 6 nitrogen and oxygen atoms in total. The molecule has 0 radical (unpaired) electrons. The van der Waals surface area contributed by atoms with E-state index < -0.39 is 5.91 Å². The number of rotatable bonds is 9. The monoisotopic (exact) mass is 506 g/mol. The summed E-state index contributed by atoms with van der Waals surface area (Å²) in [5, 5.41) is 0. The van der Waals surface area contributed by atoms with Crippen molar-refractivity contribution in [3.63, 3.8) is 0 Å². The molecule has 0 heterocycles. The van der Waals surface area contributed by atoms with E-state index in [0.29, 0.717) is 36.3 Å². The van der Waals surface area contributed by atoms with Gasteiger partial charge in [0.1, 0.15) is 5.84 Å². The fraction of sp³-hybridized carbons (Fsp3) is 0.156. The van der Waals surface area contributed by atoms with Gasteiger partial charge in [-0.3, -0.25) is 14.6 Å². The maximum Gasteiger partial charge on any atom is 0.249 e. The summed E-state index contributed by atoms with van der Waals surface area (Å²) in [7, 11) is 0.